The van der Waals surface area contributed by atoms with Crippen LogP contribution in [0.4, 0.5) is 13.2 Å². The van der Waals surface area contributed by atoms with E-state index in [2.05, 4.69) is 4.98 Å². The summed E-state index contributed by atoms with van der Waals surface area (Å²) in [5.74, 6) is 0.308. The fourth-order valence-electron chi connectivity index (χ4n) is 2.26. The van der Waals surface area contributed by atoms with Crippen LogP contribution >= 0.6 is 0 Å². The normalized spacial score (nSPS) is 25.6. The van der Waals surface area contributed by atoms with Gasteiger partial charge in [-0.25, -0.2) is 0 Å². The zero-order chi connectivity index (χ0) is 13.3. The van der Waals surface area contributed by atoms with Crippen LogP contribution in [0.15, 0.2) is 18.3 Å². The van der Waals surface area contributed by atoms with Crippen molar-refractivity contribution >= 4 is 0 Å². The number of hydrogen-bond donors (Lipinski definition) is 1. The summed E-state index contributed by atoms with van der Waals surface area (Å²) in [6, 6.07) is 2.41. The van der Waals surface area contributed by atoms with Gasteiger partial charge in [0.25, 0.3) is 0 Å². The highest BCUT2D eigenvalue weighted by atomic mass is 19.4. The Labute approximate surface area is 104 Å². The molecule has 18 heavy (non-hydrogen) atoms. The standard InChI is InChI=1S/C12H16F3N3/c1-8-5-18(6-10(8)16)7-11-9(12(13,14)15)3-2-4-17-11/h2-4,8,10H,5-7,16H2,1H3. The number of nitrogens with zero attached hydrogens (tertiary/aromatic N) is 2. The lowest BCUT2D eigenvalue weighted by Crippen LogP contribution is -2.29. The number of alkyl halides is 3. The van der Waals surface area contributed by atoms with Crippen molar-refractivity contribution < 1.29 is 13.2 Å². The molecule has 0 bridgehead atoms. The molecule has 1 aliphatic heterocycles. The first-order valence-corrected chi connectivity index (χ1v) is 5.87. The number of halogens is 3. The van der Waals surface area contributed by atoms with Crippen molar-refractivity contribution in [1.82, 2.24) is 9.88 Å². The van der Waals surface area contributed by atoms with Crippen molar-refractivity contribution in [2.75, 3.05) is 13.1 Å². The third kappa shape index (κ3) is 2.81. The molecule has 100 valence electrons. The Morgan fingerprint density at radius 2 is 2.17 bits per heavy atom. The van der Waals surface area contributed by atoms with E-state index in [1.54, 1.807) is 0 Å². The SMILES string of the molecule is CC1CN(Cc2ncccc2C(F)(F)F)CC1N. The van der Waals surface area contributed by atoms with Crippen LogP contribution in [0.3, 0.4) is 0 Å². The average molecular weight is 259 g/mol. The van der Waals surface area contributed by atoms with E-state index in [1.165, 1.54) is 12.3 Å². The molecule has 0 spiro atoms. The maximum absolute atomic E-state index is 12.8. The number of likely N-dealkylation sites (tertiary alicyclic amines) is 1. The molecule has 2 heterocycles. The summed E-state index contributed by atoms with van der Waals surface area (Å²) in [4.78, 5) is 5.78. The van der Waals surface area contributed by atoms with Crippen LogP contribution < -0.4 is 5.73 Å². The number of rotatable bonds is 2. The molecule has 1 aromatic heterocycles. The van der Waals surface area contributed by atoms with E-state index in [4.69, 9.17) is 5.73 Å². The van der Waals surface area contributed by atoms with Gasteiger partial charge in [0.1, 0.15) is 0 Å². The Balaban J connectivity index is 2.15. The number of hydrogen-bond acceptors (Lipinski definition) is 3. The second-order valence-corrected chi connectivity index (χ2v) is 4.83. The summed E-state index contributed by atoms with van der Waals surface area (Å²) in [7, 11) is 0. The zero-order valence-electron chi connectivity index (χ0n) is 10.1. The van der Waals surface area contributed by atoms with Crippen LogP contribution in [0.1, 0.15) is 18.2 Å². The van der Waals surface area contributed by atoms with Gasteiger partial charge in [0.05, 0.1) is 11.3 Å². The molecule has 2 unspecified atom stereocenters. The Bertz CT molecular complexity index is 409. The fourth-order valence-corrected chi connectivity index (χ4v) is 2.26. The summed E-state index contributed by atoms with van der Waals surface area (Å²) < 4.78 is 38.4. The summed E-state index contributed by atoms with van der Waals surface area (Å²) >= 11 is 0. The molecular weight excluding hydrogens is 243 g/mol. The van der Waals surface area contributed by atoms with Gasteiger partial charge in [-0.3, -0.25) is 9.88 Å². The first-order chi connectivity index (χ1) is 8.38. The Kier molecular flexibility index (Phi) is 3.59. The smallest absolute Gasteiger partial charge is 0.326 e. The van der Waals surface area contributed by atoms with Gasteiger partial charge in [-0.15, -0.1) is 0 Å². The average Bonchev–Trinajstić information content (AvgIpc) is 2.57. The molecule has 2 N–H and O–H groups in total. The summed E-state index contributed by atoms with van der Waals surface area (Å²) in [5, 5.41) is 0. The zero-order valence-corrected chi connectivity index (χ0v) is 10.1. The van der Waals surface area contributed by atoms with Gasteiger partial charge in [0, 0.05) is 31.9 Å². The molecule has 1 aromatic rings. The molecule has 0 aromatic carbocycles. The first kappa shape index (κ1) is 13.3. The van der Waals surface area contributed by atoms with E-state index >= 15 is 0 Å². The van der Waals surface area contributed by atoms with E-state index in [0.717, 1.165) is 12.6 Å². The lowest BCUT2D eigenvalue weighted by molar-refractivity contribution is -0.138. The van der Waals surface area contributed by atoms with Crippen LogP contribution in [0.2, 0.25) is 0 Å². The predicted molar refractivity (Wildman–Crippen MR) is 61.7 cm³/mol. The maximum Gasteiger partial charge on any atom is 0.418 e. The van der Waals surface area contributed by atoms with Gasteiger partial charge >= 0.3 is 6.18 Å². The summed E-state index contributed by atoms with van der Waals surface area (Å²) in [6.45, 7) is 3.55. The molecule has 6 heteroatoms. The van der Waals surface area contributed by atoms with Crippen LogP contribution in [-0.4, -0.2) is 29.0 Å². The molecule has 1 saturated heterocycles. The molecule has 0 aliphatic carbocycles. The highest BCUT2D eigenvalue weighted by Gasteiger charge is 2.35. The largest absolute Gasteiger partial charge is 0.418 e. The van der Waals surface area contributed by atoms with Crippen LogP contribution in [0.25, 0.3) is 0 Å². The van der Waals surface area contributed by atoms with Gasteiger partial charge in [0.15, 0.2) is 0 Å². The van der Waals surface area contributed by atoms with Crippen LogP contribution in [0, 0.1) is 5.92 Å². The molecule has 1 aliphatic rings. The number of nitrogens with two attached hydrogens (primary N) is 1. The van der Waals surface area contributed by atoms with Gasteiger partial charge in [0.2, 0.25) is 0 Å². The first-order valence-electron chi connectivity index (χ1n) is 5.87. The van der Waals surface area contributed by atoms with Crippen LogP contribution in [-0.2, 0) is 12.7 Å². The Morgan fingerprint density at radius 3 is 2.72 bits per heavy atom. The second-order valence-electron chi connectivity index (χ2n) is 4.83. The Hall–Kier alpha value is -1.14. The van der Waals surface area contributed by atoms with Gasteiger partial charge in [-0.2, -0.15) is 13.2 Å². The van der Waals surface area contributed by atoms with E-state index in [9.17, 15) is 13.2 Å². The van der Waals surface area contributed by atoms with Gasteiger partial charge < -0.3 is 5.73 Å². The molecule has 3 nitrogen and oxygen atoms in total. The van der Waals surface area contributed by atoms with Crippen molar-refractivity contribution in [2.45, 2.75) is 25.7 Å². The van der Waals surface area contributed by atoms with Crippen LogP contribution in [0.5, 0.6) is 0 Å². The lowest BCUT2D eigenvalue weighted by Gasteiger charge is -2.18. The molecule has 0 radical (unpaired) electrons. The summed E-state index contributed by atoms with van der Waals surface area (Å²) in [5.41, 5.74) is 5.28. The quantitative estimate of drug-likeness (QED) is 0.881. The molecule has 0 amide bonds. The minimum Gasteiger partial charge on any atom is -0.326 e. The van der Waals surface area contributed by atoms with E-state index < -0.39 is 11.7 Å². The predicted octanol–water partition coefficient (Wildman–Crippen LogP) is 1.88. The van der Waals surface area contributed by atoms with E-state index in [0.29, 0.717) is 12.5 Å². The van der Waals surface area contributed by atoms with E-state index in [-0.39, 0.29) is 18.3 Å². The van der Waals surface area contributed by atoms with Gasteiger partial charge in [-0.1, -0.05) is 6.92 Å². The second kappa shape index (κ2) is 4.85. The summed E-state index contributed by atoms with van der Waals surface area (Å²) in [6.07, 6.45) is -2.96. The van der Waals surface area contributed by atoms with E-state index in [1.807, 2.05) is 11.8 Å². The molecular formula is C12H16F3N3. The monoisotopic (exact) mass is 259 g/mol. The molecule has 2 rings (SSSR count). The third-order valence-corrected chi connectivity index (χ3v) is 3.32. The van der Waals surface area contributed by atoms with Crippen molar-refractivity contribution in [1.29, 1.82) is 0 Å². The highest BCUT2D eigenvalue weighted by Crippen LogP contribution is 2.32. The molecule has 0 saturated carbocycles. The third-order valence-electron chi connectivity index (χ3n) is 3.32. The highest BCUT2D eigenvalue weighted by molar-refractivity contribution is 5.23. The minimum atomic E-state index is -4.35. The lowest BCUT2D eigenvalue weighted by atomic mass is 10.1. The van der Waals surface area contributed by atoms with Crippen molar-refractivity contribution in [3.05, 3.63) is 29.6 Å². The number of aromatic nitrogens is 1. The minimum absolute atomic E-state index is 0.0306. The maximum atomic E-state index is 12.8. The topological polar surface area (TPSA) is 42.2 Å². The molecule has 2 atom stereocenters. The Morgan fingerprint density at radius 1 is 1.44 bits per heavy atom. The fraction of sp³-hybridized carbons (Fsp3) is 0.583. The molecule has 1 fully saturated rings. The van der Waals surface area contributed by atoms with Crippen molar-refractivity contribution in [3.63, 3.8) is 0 Å². The van der Waals surface area contributed by atoms with Crippen molar-refractivity contribution in [2.24, 2.45) is 11.7 Å². The number of pyridine rings is 1. The van der Waals surface area contributed by atoms with Gasteiger partial charge in [-0.05, 0) is 18.1 Å². The van der Waals surface area contributed by atoms with Crippen molar-refractivity contribution in [3.8, 4) is 0 Å².